The van der Waals surface area contributed by atoms with Crippen LogP contribution in [0.2, 0.25) is 0 Å². The fraction of sp³-hybridized carbons (Fsp3) is 1.00. The molecule has 0 saturated carbocycles. The summed E-state index contributed by atoms with van der Waals surface area (Å²) in [7, 11) is 0. The molecule has 1 aliphatic rings. The lowest BCUT2D eigenvalue weighted by Gasteiger charge is -2.18. The summed E-state index contributed by atoms with van der Waals surface area (Å²) in [5.74, 6) is 0. The maximum Gasteiger partial charge on any atom is 0.102 e. The Morgan fingerprint density at radius 2 is 2.50 bits per heavy atom. The Morgan fingerprint density at radius 3 is 2.62 bits per heavy atom. The lowest BCUT2D eigenvalue weighted by Crippen LogP contribution is -2.43. The lowest BCUT2D eigenvalue weighted by atomic mass is 10.0. The molecule has 2 unspecified atom stereocenters. The van der Waals surface area contributed by atoms with E-state index in [9.17, 15) is 5.11 Å². The minimum absolute atomic E-state index is 0.206. The summed E-state index contributed by atoms with van der Waals surface area (Å²) in [5, 5.41) is 9.21. The first kappa shape index (κ1) is 6.01. The van der Waals surface area contributed by atoms with Crippen LogP contribution in [0.15, 0.2) is 0 Å². The van der Waals surface area contributed by atoms with Crippen molar-refractivity contribution >= 4 is 0 Å². The number of hydrogen-bond acceptors (Lipinski definition) is 3. The maximum absolute atomic E-state index is 9.21. The molecule has 1 saturated heterocycles. The molecule has 3 nitrogen and oxygen atoms in total. The zero-order chi connectivity index (χ0) is 6.20. The zero-order valence-electron chi connectivity index (χ0n) is 4.92. The second kappa shape index (κ2) is 1.69. The van der Waals surface area contributed by atoms with Crippen LogP contribution in [0, 0.1) is 0 Å². The van der Waals surface area contributed by atoms with Crippen LogP contribution in [0.5, 0.6) is 0 Å². The molecule has 0 radical (unpaired) electrons. The summed E-state index contributed by atoms with van der Waals surface area (Å²) in [6.45, 7) is 2.53. The van der Waals surface area contributed by atoms with E-state index in [-0.39, 0.29) is 6.04 Å². The minimum atomic E-state index is -0.792. The predicted molar refractivity (Wildman–Crippen MR) is 29.4 cm³/mol. The second-order valence-electron chi connectivity index (χ2n) is 2.48. The van der Waals surface area contributed by atoms with Gasteiger partial charge in [0.05, 0.1) is 19.3 Å². The highest BCUT2D eigenvalue weighted by molar-refractivity contribution is 4.89. The molecule has 0 spiro atoms. The smallest absolute Gasteiger partial charge is 0.102 e. The van der Waals surface area contributed by atoms with Crippen molar-refractivity contribution in [3.05, 3.63) is 0 Å². The van der Waals surface area contributed by atoms with Gasteiger partial charge in [0.15, 0.2) is 0 Å². The summed E-state index contributed by atoms with van der Waals surface area (Å²) >= 11 is 0. The molecule has 8 heavy (non-hydrogen) atoms. The van der Waals surface area contributed by atoms with Crippen LogP contribution in [0.25, 0.3) is 0 Å². The van der Waals surface area contributed by atoms with E-state index in [1.54, 1.807) is 6.92 Å². The van der Waals surface area contributed by atoms with Crippen molar-refractivity contribution in [2.75, 3.05) is 13.2 Å². The van der Waals surface area contributed by atoms with Crippen molar-refractivity contribution in [1.29, 1.82) is 0 Å². The van der Waals surface area contributed by atoms with Gasteiger partial charge in [-0.05, 0) is 6.92 Å². The summed E-state index contributed by atoms with van der Waals surface area (Å²) in [5.41, 5.74) is 4.65. The quantitative estimate of drug-likeness (QED) is 0.432. The monoisotopic (exact) mass is 117 g/mol. The number of ether oxygens (including phenoxy) is 1. The van der Waals surface area contributed by atoms with Gasteiger partial charge in [-0.15, -0.1) is 0 Å². The summed E-state index contributed by atoms with van der Waals surface area (Å²) < 4.78 is 4.90. The van der Waals surface area contributed by atoms with E-state index < -0.39 is 5.60 Å². The molecular formula is C5H11NO2. The number of aliphatic hydroxyl groups is 1. The van der Waals surface area contributed by atoms with Crippen LogP contribution in [0.3, 0.4) is 0 Å². The van der Waals surface area contributed by atoms with Gasteiger partial charge in [0.1, 0.15) is 5.60 Å². The Morgan fingerprint density at radius 1 is 1.88 bits per heavy atom. The largest absolute Gasteiger partial charge is 0.386 e. The SMILES string of the molecule is CC1(O)COCC1N. The van der Waals surface area contributed by atoms with E-state index in [1.165, 1.54) is 0 Å². The van der Waals surface area contributed by atoms with E-state index in [2.05, 4.69) is 0 Å². The van der Waals surface area contributed by atoms with E-state index in [1.807, 2.05) is 0 Å². The molecule has 0 aromatic carbocycles. The van der Waals surface area contributed by atoms with Gasteiger partial charge < -0.3 is 15.6 Å². The van der Waals surface area contributed by atoms with Gasteiger partial charge >= 0.3 is 0 Å². The first-order valence-corrected chi connectivity index (χ1v) is 2.68. The van der Waals surface area contributed by atoms with Crippen LogP contribution in [0.1, 0.15) is 6.92 Å². The summed E-state index contributed by atoms with van der Waals surface area (Å²) in [6.07, 6.45) is 0. The number of rotatable bonds is 0. The molecule has 1 aliphatic heterocycles. The fourth-order valence-corrected chi connectivity index (χ4v) is 0.679. The number of nitrogens with two attached hydrogens (primary N) is 1. The van der Waals surface area contributed by atoms with Gasteiger partial charge in [0.25, 0.3) is 0 Å². The van der Waals surface area contributed by atoms with Gasteiger partial charge in [0, 0.05) is 0 Å². The van der Waals surface area contributed by atoms with Crippen molar-refractivity contribution in [3.8, 4) is 0 Å². The molecule has 1 heterocycles. The predicted octanol–water partition coefficient (Wildman–Crippen LogP) is -0.905. The van der Waals surface area contributed by atoms with Crippen molar-refractivity contribution in [1.82, 2.24) is 0 Å². The highest BCUT2D eigenvalue weighted by Crippen LogP contribution is 2.15. The molecule has 0 aromatic rings. The first-order valence-electron chi connectivity index (χ1n) is 2.68. The molecule has 0 aliphatic carbocycles. The Hall–Kier alpha value is -0.120. The average Bonchev–Trinajstić information content (AvgIpc) is 1.86. The molecule has 3 heteroatoms. The molecule has 0 aromatic heterocycles. The summed E-state index contributed by atoms with van der Waals surface area (Å²) in [4.78, 5) is 0. The zero-order valence-corrected chi connectivity index (χ0v) is 4.92. The van der Waals surface area contributed by atoms with Crippen molar-refractivity contribution in [3.63, 3.8) is 0 Å². The molecule has 0 amide bonds. The molecule has 1 fully saturated rings. The van der Waals surface area contributed by atoms with Crippen LogP contribution < -0.4 is 5.73 Å². The van der Waals surface area contributed by atoms with Gasteiger partial charge in [-0.2, -0.15) is 0 Å². The number of hydrogen-bond donors (Lipinski definition) is 2. The molecule has 0 bridgehead atoms. The Balaban J connectivity index is 2.54. The molecule has 48 valence electrons. The van der Waals surface area contributed by atoms with Gasteiger partial charge in [-0.25, -0.2) is 0 Å². The molecule has 1 rings (SSSR count). The van der Waals surface area contributed by atoms with E-state index in [0.29, 0.717) is 13.2 Å². The van der Waals surface area contributed by atoms with Gasteiger partial charge in [-0.1, -0.05) is 0 Å². The molecule has 2 atom stereocenters. The molecular weight excluding hydrogens is 106 g/mol. The lowest BCUT2D eigenvalue weighted by molar-refractivity contribution is 0.0361. The van der Waals surface area contributed by atoms with E-state index >= 15 is 0 Å². The second-order valence-corrected chi connectivity index (χ2v) is 2.48. The van der Waals surface area contributed by atoms with Crippen LogP contribution >= 0.6 is 0 Å². The fourth-order valence-electron chi connectivity index (χ4n) is 0.679. The Labute approximate surface area is 48.4 Å². The van der Waals surface area contributed by atoms with Gasteiger partial charge in [0.2, 0.25) is 0 Å². The Kier molecular flexibility index (Phi) is 1.27. The highest BCUT2D eigenvalue weighted by Gasteiger charge is 2.34. The van der Waals surface area contributed by atoms with Crippen molar-refractivity contribution in [2.45, 2.75) is 18.6 Å². The third-order valence-corrected chi connectivity index (χ3v) is 1.49. The average molecular weight is 117 g/mol. The van der Waals surface area contributed by atoms with Crippen molar-refractivity contribution < 1.29 is 9.84 Å². The third-order valence-electron chi connectivity index (χ3n) is 1.49. The Bertz CT molecular complexity index is 92.4. The van der Waals surface area contributed by atoms with E-state index in [0.717, 1.165) is 0 Å². The normalized spacial score (nSPS) is 47.6. The molecule has 3 N–H and O–H groups in total. The van der Waals surface area contributed by atoms with E-state index in [4.69, 9.17) is 10.5 Å². The maximum atomic E-state index is 9.21. The van der Waals surface area contributed by atoms with Gasteiger partial charge in [-0.3, -0.25) is 0 Å². The highest BCUT2D eigenvalue weighted by atomic mass is 16.5. The third kappa shape index (κ3) is 0.844. The van der Waals surface area contributed by atoms with Crippen molar-refractivity contribution in [2.24, 2.45) is 5.73 Å². The van der Waals surface area contributed by atoms with Crippen LogP contribution in [-0.2, 0) is 4.74 Å². The standard InChI is InChI=1S/C5H11NO2/c1-5(7)3-8-2-4(5)6/h4,7H,2-3,6H2,1H3. The van der Waals surface area contributed by atoms with Crippen LogP contribution in [-0.4, -0.2) is 30.0 Å². The first-order chi connectivity index (χ1) is 3.63. The minimum Gasteiger partial charge on any atom is -0.386 e. The summed E-state index contributed by atoms with van der Waals surface area (Å²) in [6, 6.07) is -0.206. The topological polar surface area (TPSA) is 55.5 Å². The van der Waals surface area contributed by atoms with Crippen LogP contribution in [0.4, 0.5) is 0 Å².